The first-order chi connectivity index (χ1) is 8.60. The Morgan fingerprint density at radius 1 is 1.33 bits per heavy atom. The molecule has 0 aliphatic rings. The van der Waals surface area contributed by atoms with Gasteiger partial charge in [0.1, 0.15) is 0 Å². The quantitative estimate of drug-likeness (QED) is 0.817. The van der Waals surface area contributed by atoms with Crippen LogP contribution in [0.15, 0.2) is 30.3 Å². The van der Waals surface area contributed by atoms with Gasteiger partial charge in [0.15, 0.2) is 0 Å². The lowest BCUT2D eigenvalue weighted by Gasteiger charge is -2.32. The molecule has 2 unspecified atom stereocenters. The van der Waals surface area contributed by atoms with Crippen LogP contribution in [-0.2, 0) is 6.54 Å². The molecule has 0 bridgehead atoms. The van der Waals surface area contributed by atoms with E-state index in [1.165, 1.54) is 4.90 Å². The highest BCUT2D eigenvalue weighted by Crippen LogP contribution is 2.17. The van der Waals surface area contributed by atoms with E-state index in [0.717, 1.165) is 12.0 Å². The first-order valence-corrected chi connectivity index (χ1v) is 6.24. The van der Waals surface area contributed by atoms with Crippen molar-refractivity contribution in [2.75, 3.05) is 6.61 Å². The number of benzene rings is 1. The van der Waals surface area contributed by atoms with Gasteiger partial charge in [0.25, 0.3) is 0 Å². The van der Waals surface area contributed by atoms with Crippen LogP contribution in [0.2, 0.25) is 0 Å². The molecule has 0 saturated carbocycles. The number of carboxylic acid groups (broad SMARTS) is 1. The first-order valence-electron chi connectivity index (χ1n) is 6.24. The van der Waals surface area contributed by atoms with Crippen molar-refractivity contribution in [2.45, 2.75) is 32.9 Å². The molecule has 0 heterocycles. The van der Waals surface area contributed by atoms with Gasteiger partial charge in [-0.15, -0.1) is 0 Å². The Kier molecular flexibility index (Phi) is 5.65. The highest BCUT2D eigenvalue weighted by molar-refractivity contribution is 5.65. The maximum absolute atomic E-state index is 11.3. The van der Waals surface area contributed by atoms with Gasteiger partial charge < -0.3 is 10.2 Å². The number of hydrogen-bond acceptors (Lipinski definition) is 2. The van der Waals surface area contributed by atoms with Gasteiger partial charge in [0.2, 0.25) is 0 Å². The average molecular weight is 251 g/mol. The summed E-state index contributed by atoms with van der Waals surface area (Å²) in [6.45, 7) is 4.12. The van der Waals surface area contributed by atoms with E-state index in [1.54, 1.807) is 0 Å². The molecule has 1 aromatic carbocycles. The van der Waals surface area contributed by atoms with Gasteiger partial charge in [0, 0.05) is 6.54 Å². The Hall–Kier alpha value is -1.55. The number of carbonyl (C=O) groups is 1. The van der Waals surface area contributed by atoms with Crippen LogP contribution in [-0.4, -0.2) is 33.9 Å². The molecule has 0 fully saturated rings. The fourth-order valence-corrected chi connectivity index (χ4v) is 1.96. The molecule has 100 valence electrons. The number of nitrogens with zero attached hydrogens (tertiary/aromatic N) is 1. The fraction of sp³-hybridized carbons (Fsp3) is 0.500. The Labute approximate surface area is 108 Å². The second-order valence-corrected chi connectivity index (χ2v) is 4.53. The van der Waals surface area contributed by atoms with Crippen molar-refractivity contribution in [3.05, 3.63) is 35.9 Å². The monoisotopic (exact) mass is 251 g/mol. The summed E-state index contributed by atoms with van der Waals surface area (Å²) in [4.78, 5) is 12.7. The van der Waals surface area contributed by atoms with Crippen LogP contribution in [0.1, 0.15) is 25.8 Å². The normalized spacial score (nSPS) is 13.9. The minimum Gasteiger partial charge on any atom is -0.465 e. The molecule has 2 N–H and O–H groups in total. The summed E-state index contributed by atoms with van der Waals surface area (Å²) in [6, 6.07) is 9.08. The smallest absolute Gasteiger partial charge is 0.407 e. The highest BCUT2D eigenvalue weighted by atomic mass is 16.4. The Morgan fingerprint density at radius 3 is 2.39 bits per heavy atom. The second kappa shape index (κ2) is 7.01. The van der Waals surface area contributed by atoms with E-state index in [9.17, 15) is 15.0 Å². The summed E-state index contributed by atoms with van der Waals surface area (Å²) in [5.74, 6) is 0.134. The van der Waals surface area contributed by atoms with E-state index in [0.29, 0.717) is 6.54 Å². The Morgan fingerprint density at radius 2 is 1.94 bits per heavy atom. The van der Waals surface area contributed by atoms with Crippen molar-refractivity contribution in [3.63, 3.8) is 0 Å². The van der Waals surface area contributed by atoms with Gasteiger partial charge in [-0.25, -0.2) is 4.79 Å². The van der Waals surface area contributed by atoms with Gasteiger partial charge in [-0.05, 0) is 11.5 Å². The molecule has 1 rings (SSSR count). The number of aliphatic hydroxyl groups is 1. The zero-order valence-electron chi connectivity index (χ0n) is 10.9. The van der Waals surface area contributed by atoms with Gasteiger partial charge in [-0.2, -0.15) is 0 Å². The minimum absolute atomic E-state index is 0.134. The molecule has 0 aromatic heterocycles. The summed E-state index contributed by atoms with van der Waals surface area (Å²) in [6.07, 6.45) is -0.151. The van der Waals surface area contributed by atoms with Crippen LogP contribution < -0.4 is 0 Å². The molecule has 2 atom stereocenters. The summed E-state index contributed by atoms with van der Waals surface area (Å²) >= 11 is 0. The van der Waals surface area contributed by atoms with Crippen LogP contribution in [0.25, 0.3) is 0 Å². The summed E-state index contributed by atoms with van der Waals surface area (Å²) < 4.78 is 0. The summed E-state index contributed by atoms with van der Waals surface area (Å²) in [7, 11) is 0. The Bertz CT molecular complexity index is 367. The lowest BCUT2D eigenvalue weighted by molar-refractivity contribution is 0.0693. The Balaban J connectivity index is 2.85. The number of aliphatic hydroxyl groups excluding tert-OH is 1. The lowest BCUT2D eigenvalue weighted by atomic mass is 9.98. The molecule has 18 heavy (non-hydrogen) atoms. The summed E-state index contributed by atoms with van der Waals surface area (Å²) in [5, 5.41) is 18.7. The van der Waals surface area contributed by atoms with E-state index in [-0.39, 0.29) is 18.6 Å². The van der Waals surface area contributed by atoms with Crippen LogP contribution in [0.5, 0.6) is 0 Å². The molecule has 0 radical (unpaired) electrons. The third-order valence-electron chi connectivity index (χ3n) is 3.33. The van der Waals surface area contributed by atoms with Crippen molar-refractivity contribution in [3.8, 4) is 0 Å². The standard InChI is InChI=1S/C14H21NO3/c1-3-11(2)13(10-16)15(14(17)18)9-12-7-5-4-6-8-12/h4-8,11,13,16H,3,9-10H2,1-2H3,(H,17,18). The van der Waals surface area contributed by atoms with E-state index in [2.05, 4.69) is 0 Å². The van der Waals surface area contributed by atoms with E-state index in [1.807, 2.05) is 44.2 Å². The van der Waals surface area contributed by atoms with Gasteiger partial charge in [0.05, 0.1) is 12.6 Å². The van der Waals surface area contributed by atoms with Gasteiger partial charge in [-0.1, -0.05) is 50.6 Å². The maximum atomic E-state index is 11.3. The molecular weight excluding hydrogens is 230 g/mol. The maximum Gasteiger partial charge on any atom is 0.407 e. The van der Waals surface area contributed by atoms with Crippen molar-refractivity contribution < 1.29 is 15.0 Å². The SMILES string of the molecule is CCC(C)C(CO)N(Cc1ccccc1)C(=O)O. The van der Waals surface area contributed by atoms with E-state index < -0.39 is 6.09 Å². The molecule has 0 saturated heterocycles. The third-order valence-corrected chi connectivity index (χ3v) is 3.33. The van der Waals surface area contributed by atoms with Crippen LogP contribution in [0.4, 0.5) is 4.79 Å². The van der Waals surface area contributed by atoms with Crippen molar-refractivity contribution >= 4 is 6.09 Å². The fourth-order valence-electron chi connectivity index (χ4n) is 1.96. The topological polar surface area (TPSA) is 60.8 Å². The number of amides is 1. The molecule has 0 spiro atoms. The molecular formula is C14H21NO3. The molecule has 0 aliphatic carbocycles. The van der Waals surface area contributed by atoms with Crippen molar-refractivity contribution in [2.24, 2.45) is 5.92 Å². The first kappa shape index (κ1) is 14.5. The average Bonchev–Trinajstić information content (AvgIpc) is 2.39. The largest absolute Gasteiger partial charge is 0.465 e. The zero-order valence-corrected chi connectivity index (χ0v) is 10.9. The predicted octanol–water partition coefficient (Wildman–Crippen LogP) is 2.57. The van der Waals surface area contributed by atoms with Gasteiger partial charge in [-0.3, -0.25) is 4.90 Å². The lowest BCUT2D eigenvalue weighted by Crippen LogP contribution is -2.44. The predicted molar refractivity (Wildman–Crippen MR) is 70.3 cm³/mol. The van der Waals surface area contributed by atoms with Crippen LogP contribution in [0, 0.1) is 5.92 Å². The molecule has 4 nitrogen and oxygen atoms in total. The van der Waals surface area contributed by atoms with E-state index in [4.69, 9.17) is 0 Å². The van der Waals surface area contributed by atoms with Crippen LogP contribution >= 0.6 is 0 Å². The van der Waals surface area contributed by atoms with Crippen molar-refractivity contribution in [1.82, 2.24) is 4.90 Å². The molecule has 0 aliphatic heterocycles. The number of hydrogen-bond donors (Lipinski definition) is 2. The molecule has 4 heteroatoms. The number of rotatable bonds is 6. The summed E-state index contributed by atoms with van der Waals surface area (Å²) in [5.41, 5.74) is 0.932. The van der Waals surface area contributed by atoms with Gasteiger partial charge >= 0.3 is 6.09 Å². The zero-order chi connectivity index (χ0) is 13.5. The molecule has 1 aromatic rings. The third kappa shape index (κ3) is 3.74. The highest BCUT2D eigenvalue weighted by Gasteiger charge is 2.26. The minimum atomic E-state index is -0.988. The second-order valence-electron chi connectivity index (χ2n) is 4.53. The molecule has 1 amide bonds. The van der Waals surface area contributed by atoms with Crippen molar-refractivity contribution in [1.29, 1.82) is 0 Å². The van der Waals surface area contributed by atoms with Crippen LogP contribution in [0.3, 0.4) is 0 Å². The van der Waals surface area contributed by atoms with E-state index >= 15 is 0 Å².